The molecule has 3 N–H and O–H groups in total. The Morgan fingerprint density at radius 1 is 1.08 bits per heavy atom. The van der Waals surface area contributed by atoms with Crippen LogP contribution in [0.1, 0.15) is 10.4 Å². The highest BCUT2D eigenvalue weighted by molar-refractivity contribution is 7.90. The summed E-state index contributed by atoms with van der Waals surface area (Å²) in [6.07, 6.45) is 0. The van der Waals surface area contributed by atoms with Crippen molar-refractivity contribution in [3.8, 4) is 0 Å². The van der Waals surface area contributed by atoms with Crippen LogP contribution >= 0.6 is 0 Å². The second-order valence-corrected chi connectivity index (χ2v) is 6.13. The monoisotopic (exact) mass is 348 g/mol. The van der Waals surface area contributed by atoms with Crippen LogP contribution in [0.5, 0.6) is 0 Å². The minimum atomic E-state index is -4.20. The molecule has 0 unspecified atom stereocenters. The first-order valence-corrected chi connectivity index (χ1v) is 7.95. The fraction of sp³-hybridized carbons (Fsp3) is 0. The van der Waals surface area contributed by atoms with E-state index in [-0.39, 0.29) is 16.1 Å². The quantitative estimate of drug-likeness (QED) is 0.365. The van der Waals surface area contributed by atoms with Crippen LogP contribution in [0, 0.1) is 10.1 Å². The second-order valence-electron chi connectivity index (χ2n) is 4.52. The van der Waals surface area contributed by atoms with Crippen molar-refractivity contribution in [1.29, 1.82) is 0 Å². The lowest BCUT2D eigenvalue weighted by Crippen LogP contribution is -2.37. The molecule has 0 aromatic heterocycles. The number of nitro benzene ring substituents is 1. The van der Waals surface area contributed by atoms with E-state index in [0.717, 1.165) is 24.3 Å². The number of nitrogens with zero attached hydrogens (tertiary/aromatic N) is 2. The van der Waals surface area contributed by atoms with Gasteiger partial charge in [-0.15, -0.1) is 4.40 Å². The highest BCUT2D eigenvalue weighted by atomic mass is 32.2. The number of nitrogens with one attached hydrogen (secondary N) is 1. The molecule has 0 aliphatic heterocycles. The van der Waals surface area contributed by atoms with Gasteiger partial charge in [0.15, 0.2) is 0 Å². The molecule has 0 fully saturated rings. The smallest absolute Gasteiger partial charge is 0.285 e. The average Bonchev–Trinajstić information content (AvgIpc) is 2.55. The second kappa shape index (κ2) is 6.87. The number of hydrogen-bond donors (Lipinski definition) is 2. The molecule has 2 aromatic carbocycles. The summed E-state index contributed by atoms with van der Waals surface area (Å²) in [4.78, 5) is 21.5. The summed E-state index contributed by atoms with van der Waals surface area (Å²) in [5.74, 6) is -1.22. The SMILES string of the molecule is N/C(=N\S(=O)(=O)c1ccc([N+](=O)[O-])cc1)NC(=O)c1ccccc1. The Kier molecular flexibility index (Phi) is 4.90. The summed E-state index contributed by atoms with van der Waals surface area (Å²) in [5.41, 5.74) is 5.46. The molecule has 10 heteroatoms. The minimum absolute atomic E-state index is 0.261. The predicted molar refractivity (Wildman–Crippen MR) is 85.8 cm³/mol. The fourth-order valence-corrected chi connectivity index (χ4v) is 2.61. The minimum Gasteiger partial charge on any atom is -0.369 e. The van der Waals surface area contributed by atoms with Gasteiger partial charge in [-0.2, -0.15) is 8.42 Å². The van der Waals surface area contributed by atoms with Crippen molar-refractivity contribution in [2.45, 2.75) is 4.90 Å². The lowest BCUT2D eigenvalue weighted by Gasteiger charge is -2.04. The number of amides is 1. The molecule has 2 aromatic rings. The third-order valence-electron chi connectivity index (χ3n) is 2.84. The zero-order valence-electron chi connectivity index (χ0n) is 12.1. The molecule has 0 radical (unpaired) electrons. The van der Waals surface area contributed by atoms with Crippen molar-refractivity contribution < 1.29 is 18.1 Å². The first kappa shape index (κ1) is 17.1. The lowest BCUT2D eigenvalue weighted by molar-refractivity contribution is -0.384. The largest absolute Gasteiger partial charge is 0.369 e. The highest BCUT2D eigenvalue weighted by Crippen LogP contribution is 2.17. The predicted octanol–water partition coefficient (Wildman–Crippen LogP) is 1.03. The summed E-state index contributed by atoms with van der Waals surface area (Å²) in [6, 6.07) is 12.1. The first-order chi connectivity index (χ1) is 11.3. The molecule has 0 saturated heterocycles. The van der Waals surface area contributed by atoms with Gasteiger partial charge in [0.05, 0.1) is 9.82 Å². The molecule has 0 saturated carbocycles. The summed E-state index contributed by atoms with van der Waals surface area (Å²) >= 11 is 0. The van der Waals surface area contributed by atoms with E-state index in [1.54, 1.807) is 18.2 Å². The standard InChI is InChI=1S/C14H12N4O5S/c15-14(16-13(19)10-4-2-1-3-5-10)17-24(22,23)12-8-6-11(7-9-12)18(20)21/h1-9H,(H3,15,16,17,19). The summed E-state index contributed by atoms with van der Waals surface area (Å²) in [5, 5.41) is 12.7. The van der Waals surface area contributed by atoms with Crippen molar-refractivity contribution >= 4 is 27.6 Å². The maximum absolute atomic E-state index is 12.1. The fourth-order valence-electron chi connectivity index (χ4n) is 1.72. The van der Waals surface area contributed by atoms with Crippen LogP contribution in [0.2, 0.25) is 0 Å². The van der Waals surface area contributed by atoms with Gasteiger partial charge in [0.25, 0.3) is 21.6 Å². The van der Waals surface area contributed by atoms with Crippen LogP contribution in [-0.4, -0.2) is 25.2 Å². The normalized spacial score (nSPS) is 11.8. The molecule has 9 nitrogen and oxygen atoms in total. The van der Waals surface area contributed by atoms with Crippen molar-refractivity contribution in [1.82, 2.24) is 5.32 Å². The van der Waals surface area contributed by atoms with Gasteiger partial charge < -0.3 is 5.73 Å². The van der Waals surface area contributed by atoms with Gasteiger partial charge in [0.1, 0.15) is 0 Å². The van der Waals surface area contributed by atoms with Gasteiger partial charge in [-0.05, 0) is 24.3 Å². The van der Waals surface area contributed by atoms with Crippen LogP contribution in [0.3, 0.4) is 0 Å². The van der Waals surface area contributed by atoms with Gasteiger partial charge in [0, 0.05) is 17.7 Å². The average molecular weight is 348 g/mol. The molecule has 0 aliphatic rings. The molecule has 2 rings (SSSR count). The van der Waals surface area contributed by atoms with E-state index in [9.17, 15) is 23.3 Å². The first-order valence-electron chi connectivity index (χ1n) is 6.51. The van der Waals surface area contributed by atoms with Crippen molar-refractivity contribution in [3.63, 3.8) is 0 Å². The Labute approximate surface area is 137 Å². The number of non-ortho nitro benzene ring substituents is 1. The Morgan fingerprint density at radius 3 is 2.21 bits per heavy atom. The van der Waals surface area contributed by atoms with Crippen LogP contribution in [0.4, 0.5) is 5.69 Å². The number of rotatable bonds is 4. The highest BCUT2D eigenvalue weighted by Gasteiger charge is 2.16. The van der Waals surface area contributed by atoms with E-state index in [4.69, 9.17) is 5.73 Å². The molecule has 0 spiro atoms. The molecule has 0 atom stereocenters. The van der Waals surface area contributed by atoms with Crippen molar-refractivity contribution in [2.75, 3.05) is 0 Å². The Balaban J connectivity index is 2.18. The number of benzene rings is 2. The number of nitro groups is 1. The number of nitrogens with two attached hydrogens (primary N) is 1. The number of hydrogen-bond acceptors (Lipinski definition) is 5. The van der Waals surface area contributed by atoms with Crippen LogP contribution in [0.25, 0.3) is 0 Å². The molecule has 0 heterocycles. The third kappa shape index (κ3) is 4.14. The Bertz CT molecular complexity index is 893. The van der Waals surface area contributed by atoms with Gasteiger partial charge in [0.2, 0.25) is 5.96 Å². The molecule has 0 aliphatic carbocycles. The zero-order chi connectivity index (χ0) is 17.7. The van der Waals surface area contributed by atoms with E-state index < -0.39 is 26.8 Å². The summed E-state index contributed by atoms with van der Waals surface area (Å²) in [6.45, 7) is 0. The molecular formula is C14H12N4O5S. The molecule has 124 valence electrons. The topological polar surface area (TPSA) is 145 Å². The molecule has 1 amide bonds. The maximum atomic E-state index is 12.1. The molecule has 24 heavy (non-hydrogen) atoms. The van der Waals surface area contributed by atoms with Gasteiger partial charge in [-0.25, -0.2) is 0 Å². The van der Waals surface area contributed by atoms with Crippen LogP contribution in [0.15, 0.2) is 63.9 Å². The van der Waals surface area contributed by atoms with Crippen molar-refractivity contribution in [2.24, 2.45) is 10.1 Å². The molecule has 0 bridgehead atoms. The summed E-state index contributed by atoms with van der Waals surface area (Å²) in [7, 11) is -4.20. The van der Waals surface area contributed by atoms with E-state index in [0.29, 0.717) is 0 Å². The Hall–Kier alpha value is -3.27. The van der Waals surface area contributed by atoms with E-state index >= 15 is 0 Å². The van der Waals surface area contributed by atoms with E-state index in [1.807, 2.05) is 0 Å². The van der Waals surface area contributed by atoms with Gasteiger partial charge >= 0.3 is 0 Å². The van der Waals surface area contributed by atoms with Crippen LogP contribution < -0.4 is 11.1 Å². The van der Waals surface area contributed by atoms with E-state index in [1.165, 1.54) is 12.1 Å². The number of carbonyl (C=O) groups excluding carboxylic acids is 1. The van der Waals surface area contributed by atoms with E-state index in [2.05, 4.69) is 9.71 Å². The summed E-state index contributed by atoms with van der Waals surface area (Å²) < 4.78 is 27.4. The number of guanidine groups is 1. The van der Waals surface area contributed by atoms with Crippen LogP contribution in [-0.2, 0) is 10.0 Å². The lowest BCUT2D eigenvalue weighted by atomic mass is 10.2. The van der Waals surface area contributed by atoms with Gasteiger partial charge in [-0.1, -0.05) is 18.2 Å². The maximum Gasteiger partial charge on any atom is 0.285 e. The number of sulfonamides is 1. The van der Waals surface area contributed by atoms with Crippen molar-refractivity contribution in [3.05, 3.63) is 70.3 Å². The zero-order valence-corrected chi connectivity index (χ0v) is 12.9. The van der Waals surface area contributed by atoms with Gasteiger partial charge in [-0.3, -0.25) is 20.2 Å². The third-order valence-corrected chi connectivity index (χ3v) is 4.15. The Morgan fingerprint density at radius 2 is 1.67 bits per heavy atom. The molecular weight excluding hydrogens is 336 g/mol. The number of carbonyl (C=O) groups is 1.